The Balaban J connectivity index is 2.30. The SMILES string of the molecule is CCCCCCCCCCC(=O)Nc1c(C)cccc1C(C)C. The molecule has 0 saturated carbocycles. The molecule has 0 bridgehead atoms. The molecule has 0 spiro atoms. The van der Waals surface area contributed by atoms with Gasteiger partial charge in [-0.2, -0.15) is 0 Å². The van der Waals surface area contributed by atoms with Crippen molar-refractivity contribution in [3.63, 3.8) is 0 Å². The van der Waals surface area contributed by atoms with Gasteiger partial charge in [0.25, 0.3) is 0 Å². The standard InChI is InChI=1S/C21H35NO/c1-5-6-7-8-9-10-11-12-16-20(23)22-21-18(4)14-13-15-19(21)17(2)3/h13-15,17H,5-12,16H2,1-4H3,(H,22,23). The van der Waals surface area contributed by atoms with E-state index in [0.717, 1.165) is 17.7 Å². The van der Waals surface area contributed by atoms with E-state index < -0.39 is 0 Å². The Morgan fingerprint density at radius 1 is 1.00 bits per heavy atom. The molecule has 2 heteroatoms. The van der Waals surface area contributed by atoms with Crippen LogP contribution in [0.25, 0.3) is 0 Å². The number of rotatable bonds is 11. The Morgan fingerprint density at radius 2 is 1.61 bits per heavy atom. The number of carbonyl (C=O) groups excluding carboxylic acids is 1. The van der Waals surface area contributed by atoms with E-state index in [0.29, 0.717) is 12.3 Å². The first-order valence-electron chi connectivity index (χ1n) is 9.45. The Labute approximate surface area is 143 Å². The smallest absolute Gasteiger partial charge is 0.224 e. The summed E-state index contributed by atoms with van der Waals surface area (Å²) >= 11 is 0. The van der Waals surface area contributed by atoms with E-state index >= 15 is 0 Å². The minimum absolute atomic E-state index is 0.159. The molecule has 0 radical (unpaired) electrons. The average molecular weight is 318 g/mol. The molecule has 1 N–H and O–H groups in total. The van der Waals surface area contributed by atoms with Crippen LogP contribution in [0.3, 0.4) is 0 Å². The molecule has 0 unspecified atom stereocenters. The molecule has 0 aliphatic rings. The zero-order valence-corrected chi connectivity index (χ0v) is 15.6. The molecule has 23 heavy (non-hydrogen) atoms. The van der Waals surface area contributed by atoms with Crippen molar-refractivity contribution in [1.29, 1.82) is 0 Å². The van der Waals surface area contributed by atoms with Crippen molar-refractivity contribution in [2.24, 2.45) is 0 Å². The van der Waals surface area contributed by atoms with Gasteiger partial charge in [0.2, 0.25) is 5.91 Å². The van der Waals surface area contributed by atoms with Gasteiger partial charge in [0, 0.05) is 12.1 Å². The monoisotopic (exact) mass is 317 g/mol. The van der Waals surface area contributed by atoms with Gasteiger partial charge < -0.3 is 5.32 Å². The lowest BCUT2D eigenvalue weighted by molar-refractivity contribution is -0.116. The lowest BCUT2D eigenvalue weighted by Crippen LogP contribution is -2.14. The van der Waals surface area contributed by atoms with Crippen LogP contribution in [0.1, 0.15) is 95.6 Å². The molecular weight excluding hydrogens is 282 g/mol. The van der Waals surface area contributed by atoms with Gasteiger partial charge in [-0.05, 0) is 30.4 Å². The first-order chi connectivity index (χ1) is 11.1. The molecular formula is C21H35NO. The van der Waals surface area contributed by atoms with Crippen molar-refractivity contribution in [3.8, 4) is 0 Å². The number of hydrogen-bond acceptors (Lipinski definition) is 1. The summed E-state index contributed by atoms with van der Waals surface area (Å²) in [5, 5.41) is 3.14. The number of carbonyl (C=O) groups is 1. The molecule has 1 rings (SSSR count). The third kappa shape index (κ3) is 7.67. The summed E-state index contributed by atoms with van der Waals surface area (Å²) in [4.78, 5) is 12.2. The van der Waals surface area contributed by atoms with Gasteiger partial charge in [-0.25, -0.2) is 0 Å². The van der Waals surface area contributed by atoms with Crippen molar-refractivity contribution >= 4 is 11.6 Å². The lowest BCUT2D eigenvalue weighted by Gasteiger charge is -2.16. The van der Waals surface area contributed by atoms with Crippen LogP contribution < -0.4 is 5.32 Å². The molecule has 1 aromatic rings. The third-order valence-electron chi connectivity index (χ3n) is 4.45. The predicted molar refractivity (Wildman–Crippen MR) is 101 cm³/mol. The zero-order valence-electron chi connectivity index (χ0n) is 15.6. The summed E-state index contributed by atoms with van der Waals surface area (Å²) in [6.07, 6.45) is 10.8. The number of amides is 1. The van der Waals surface area contributed by atoms with Crippen molar-refractivity contribution < 1.29 is 4.79 Å². The normalized spacial score (nSPS) is 11.0. The predicted octanol–water partition coefficient (Wildman–Crippen LogP) is 6.59. The second-order valence-electron chi connectivity index (χ2n) is 6.97. The molecule has 1 aromatic carbocycles. The van der Waals surface area contributed by atoms with E-state index in [-0.39, 0.29) is 5.91 Å². The van der Waals surface area contributed by atoms with Crippen LogP contribution in [0.4, 0.5) is 5.69 Å². The molecule has 130 valence electrons. The van der Waals surface area contributed by atoms with Gasteiger partial charge in [-0.15, -0.1) is 0 Å². The quantitative estimate of drug-likeness (QED) is 0.458. The molecule has 0 aliphatic heterocycles. The summed E-state index contributed by atoms with van der Waals surface area (Å²) in [6, 6.07) is 6.25. The first kappa shape index (κ1) is 19.7. The van der Waals surface area contributed by atoms with Crippen molar-refractivity contribution in [1.82, 2.24) is 0 Å². The highest BCUT2D eigenvalue weighted by atomic mass is 16.1. The highest BCUT2D eigenvalue weighted by Gasteiger charge is 2.11. The number of hydrogen-bond donors (Lipinski definition) is 1. The highest BCUT2D eigenvalue weighted by molar-refractivity contribution is 5.92. The van der Waals surface area contributed by atoms with Gasteiger partial charge in [0.15, 0.2) is 0 Å². The number of benzene rings is 1. The number of anilines is 1. The average Bonchev–Trinajstić information content (AvgIpc) is 2.51. The molecule has 0 aromatic heterocycles. The van der Waals surface area contributed by atoms with Gasteiger partial charge in [0.1, 0.15) is 0 Å². The maximum absolute atomic E-state index is 12.2. The fourth-order valence-corrected chi connectivity index (χ4v) is 2.96. The Hall–Kier alpha value is -1.31. The molecule has 0 atom stereocenters. The Bertz CT molecular complexity index is 465. The highest BCUT2D eigenvalue weighted by Crippen LogP contribution is 2.27. The van der Waals surface area contributed by atoms with Crippen molar-refractivity contribution in [2.75, 3.05) is 5.32 Å². The summed E-state index contributed by atoms with van der Waals surface area (Å²) in [5.41, 5.74) is 3.40. The molecule has 1 amide bonds. The van der Waals surface area contributed by atoms with E-state index in [1.54, 1.807) is 0 Å². The second kappa shape index (κ2) is 11.3. The maximum atomic E-state index is 12.2. The minimum Gasteiger partial charge on any atom is -0.326 e. The fraction of sp³-hybridized carbons (Fsp3) is 0.667. The summed E-state index contributed by atoms with van der Waals surface area (Å²) in [7, 11) is 0. The molecule has 0 saturated heterocycles. The van der Waals surface area contributed by atoms with Crippen LogP contribution in [0.15, 0.2) is 18.2 Å². The van der Waals surface area contributed by atoms with Crippen LogP contribution in [-0.2, 0) is 4.79 Å². The molecule has 2 nitrogen and oxygen atoms in total. The van der Waals surface area contributed by atoms with Crippen LogP contribution >= 0.6 is 0 Å². The van der Waals surface area contributed by atoms with Crippen LogP contribution in [0, 0.1) is 6.92 Å². The summed E-state index contributed by atoms with van der Waals surface area (Å²) < 4.78 is 0. The first-order valence-corrected chi connectivity index (χ1v) is 9.45. The van der Waals surface area contributed by atoms with E-state index in [1.165, 1.54) is 50.5 Å². The minimum atomic E-state index is 0.159. The topological polar surface area (TPSA) is 29.1 Å². The molecule has 0 heterocycles. The number of para-hydroxylation sites is 1. The number of unbranched alkanes of at least 4 members (excludes halogenated alkanes) is 7. The van der Waals surface area contributed by atoms with Gasteiger partial charge >= 0.3 is 0 Å². The summed E-state index contributed by atoms with van der Waals surface area (Å²) in [6.45, 7) is 8.65. The largest absolute Gasteiger partial charge is 0.326 e. The maximum Gasteiger partial charge on any atom is 0.224 e. The van der Waals surface area contributed by atoms with E-state index in [4.69, 9.17) is 0 Å². The Kier molecular flexibility index (Phi) is 9.66. The van der Waals surface area contributed by atoms with Crippen LogP contribution in [0.2, 0.25) is 0 Å². The number of nitrogens with one attached hydrogen (secondary N) is 1. The van der Waals surface area contributed by atoms with E-state index in [1.807, 2.05) is 0 Å². The van der Waals surface area contributed by atoms with Crippen molar-refractivity contribution in [3.05, 3.63) is 29.3 Å². The van der Waals surface area contributed by atoms with Crippen LogP contribution in [-0.4, -0.2) is 5.91 Å². The zero-order chi connectivity index (χ0) is 17.1. The van der Waals surface area contributed by atoms with Crippen molar-refractivity contribution in [2.45, 2.75) is 91.4 Å². The lowest BCUT2D eigenvalue weighted by atomic mass is 9.98. The summed E-state index contributed by atoms with van der Waals surface area (Å²) in [5.74, 6) is 0.584. The fourth-order valence-electron chi connectivity index (χ4n) is 2.96. The van der Waals surface area contributed by atoms with Crippen LogP contribution in [0.5, 0.6) is 0 Å². The molecule has 0 aliphatic carbocycles. The van der Waals surface area contributed by atoms with E-state index in [9.17, 15) is 4.79 Å². The van der Waals surface area contributed by atoms with E-state index in [2.05, 4.69) is 51.2 Å². The number of aryl methyl sites for hydroxylation is 1. The third-order valence-corrected chi connectivity index (χ3v) is 4.45. The Morgan fingerprint density at radius 3 is 2.22 bits per heavy atom. The van der Waals surface area contributed by atoms with Gasteiger partial charge in [-0.1, -0.05) is 83.9 Å². The van der Waals surface area contributed by atoms with Gasteiger partial charge in [-0.3, -0.25) is 4.79 Å². The molecule has 0 fully saturated rings. The van der Waals surface area contributed by atoms with Gasteiger partial charge in [0.05, 0.1) is 0 Å². The second-order valence-corrected chi connectivity index (χ2v) is 6.97.